The first-order valence-corrected chi connectivity index (χ1v) is 10.5. The molecular weight excluding hydrogens is 441 g/mol. The van der Waals surface area contributed by atoms with Crippen LogP contribution >= 0.6 is 0 Å². The van der Waals surface area contributed by atoms with Crippen LogP contribution < -0.4 is 10.1 Å². The van der Waals surface area contributed by atoms with E-state index in [2.05, 4.69) is 0 Å². The Balaban J connectivity index is 1.49. The number of rotatable bonds is 6. The van der Waals surface area contributed by atoms with Gasteiger partial charge in [0.2, 0.25) is 11.8 Å². The Bertz CT molecular complexity index is 1570. The van der Waals surface area contributed by atoms with Gasteiger partial charge in [-0.2, -0.15) is 0 Å². The van der Waals surface area contributed by atoms with E-state index in [9.17, 15) is 14.4 Å². The first-order chi connectivity index (χ1) is 20.5. The summed E-state index contributed by atoms with van der Waals surface area (Å²) in [6.07, 6.45) is -6.45. The molecule has 2 aromatic rings. The van der Waals surface area contributed by atoms with Crippen LogP contribution in [0.3, 0.4) is 0 Å². The number of nitrogens with zero attached hydrogens (tertiary/aromatic N) is 2. The molecule has 1 atom stereocenters. The Kier molecular flexibility index (Phi) is 3.79. The maximum Gasteiger partial charge on any atom is 0.255 e. The lowest BCUT2D eigenvalue weighted by Gasteiger charge is -2.29. The zero-order valence-electron chi connectivity index (χ0n) is 27.8. The number of ether oxygens (including phenoxy) is 2. The number of halogens is 1. The molecule has 2 saturated heterocycles. The summed E-state index contributed by atoms with van der Waals surface area (Å²) in [6.45, 7) is 0.400. The van der Waals surface area contributed by atoms with Crippen molar-refractivity contribution in [1.29, 1.82) is 0 Å². The summed E-state index contributed by atoms with van der Waals surface area (Å²) in [5.74, 6) is -5.66. The number of carbonyl (C=O) groups is 3. The molecule has 0 aromatic heterocycles. The molecule has 0 unspecified atom stereocenters. The van der Waals surface area contributed by atoms with Gasteiger partial charge in [0.15, 0.2) is 0 Å². The highest BCUT2D eigenvalue weighted by atomic mass is 19.1. The van der Waals surface area contributed by atoms with E-state index < -0.39 is 109 Å². The highest BCUT2D eigenvalue weighted by molar-refractivity contribution is 6.05. The van der Waals surface area contributed by atoms with Crippen molar-refractivity contribution in [2.24, 2.45) is 0 Å². The molecule has 0 bridgehead atoms. The lowest BCUT2D eigenvalue weighted by atomic mass is 10.0. The highest BCUT2D eigenvalue weighted by Crippen LogP contribution is 2.34. The number of benzene rings is 2. The van der Waals surface area contributed by atoms with E-state index in [1.54, 1.807) is 5.32 Å². The first kappa shape index (κ1) is 13.6. The predicted octanol–water partition coefficient (Wildman–Crippen LogP) is 2.00. The van der Waals surface area contributed by atoms with Crippen LogP contribution in [0, 0.1) is 5.82 Å². The molecule has 2 fully saturated rings. The van der Waals surface area contributed by atoms with Gasteiger partial charge in [-0.1, -0.05) is 18.1 Å². The zero-order chi connectivity index (χ0) is 32.5. The fourth-order valence-corrected chi connectivity index (χ4v) is 3.85. The summed E-state index contributed by atoms with van der Waals surface area (Å²) in [5, 5.41) is 1.71. The molecule has 34 heavy (non-hydrogen) atoms. The molecule has 1 N–H and O–H groups in total. The number of morpholine rings is 1. The van der Waals surface area contributed by atoms with E-state index >= 15 is 4.39 Å². The van der Waals surface area contributed by atoms with Gasteiger partial charge < -0.3 is 14.4 Å². The second-order valence-electron chi connectivity index (χ2n) is 7.80. The molecule has 0 aliphatic carbocycles. The SMILES string of the molecule is [2H]c1c([2H])c(OCc2c([2H])c([2H])c(CN3CCOCC3)c([2H])c2F)c2c(c1[2H])C(=O)N([C@H]1C(=O)NC(=O)C([2H])([2H])C1([2H])[2H])C2. The molecule has 2 aromatic carbocycles. The van der Waals surface area contributed by atoms with Gasteiger partial charge in [-0.15, -0.1) is 0 Å². The Morgan fingerprint density at radius 3 is 2.85 bits per heavy atom. The minimum absolute atomic E-state index is 0.00756. The van der Waals surface area contributed by atoms with Crippen LogP contribution in [0.15, 0.2) is 36.3 Å². The van der Waals surface area contributed by atoms with Crippen LogP contribution in [0.4, 0.5) is 4.39 Å². The molecule has 3 aliphatic rings. The van der Waals surface area contributed by atoms with Gasteiger partial charge in [0.05, 0.1) is 28.0 Å². The molecule has 5 rings (SSSR count). The van der Waals surface area contributed by atoms with E-state index in [4.69, 9.17) is 23.2 Å². The van der Waals surface area contributed by atoms with Crippen molar-refractivity contribution in [3.63, 3.8) is 0 Å². The quantitative estimate of drug-likeness (QED) is 0.641. The third kappa shape index (κ3) is 4.53. The average molecular weight is 478 g/mol. The number of fused-ring (bicyclic) bond motifs is 1. The number of hydrogen-bond acceptors (Lipinski definition) is 6. The molecule has 3 aliphatic heterocycles. The summed E-state index contributed by atoms with van der Waals surface area (Å²) >= 11 is 0. The molecule has 9 heteroatoms. The molecular formula is C25H26FN3O5. The molecule has 0 radical (unpaired) electrons. The van der Waals surface area contributed by atoms with E-state index in [0.29, 0.717) is 31.2 Å². The van der Waals surface area contributed by atoms with Gasteiger partial charge in [0.25, 0.3) is 5.91 Å². The molecule has 8 nitrogen and oxygen atoms in total. The minimum atomic E-state index is -3.23. The van der Waals surface area contributed by atoms with Crippen molar-refractivity contribution in [2.75, 3.05) is 26.3 Å². The largest absolute Gasteiger partial charge is 0.488 e. The molecule has 3 heterocycles. The van der Waals surface area contributed by atoms with E-state index in [0.717, 1.165) is 0 Å². The van der Waals surface area contributed by atoms with Crippen molar-refractivity contribution in [1.82, 2.24) is 15.1 Å². The lowest BCUT2D eigenvalue weighted by Crippen LogP contribution is -2.52. The van der Waals surface area contributed by atoms with Gasteiger partial charge in [-0.3, -0.25) is 24.6 Å². The van der Waals surface area contributed by atoms with Crippen LogP contribution in [0.25, 0.3) is 0 Å². The maximum absolute atomic E-state index is 15.4. The van der Waals surface area contributed by atoms with Crippen molar-refractivity contribution in [3.8, 4) is 5.75 Å². The Labute approximate surface area is 210 Å². The minimum Gasteiger partial charge on any atom is -0.488 e. The predicted molar refractivity (Wildman–Crippen MR) is 119 cm³/mol. The Morgan fingerprint density at radius 1 is 1.21 bits per heavy atom. The topological polar surface area (TPSA) is 88.2 Å². The third-order valence-electron chi connectivity index (χ3n) is 5.60. The van der Waals surface area contributed by atoms with Gasteiger partial charge in [-0.05, 0) is 30.1 Å². The number of hydrogen-bond donors (Lipinski definition) is 1. The number of nitrogens with one attached hydrogen (secondary N) is 1. The number of piperidine rings is 1. The molecule has 3 amide bonds. The van der Waals surface area contributed by atoms with Crippen molar-refractivity contribution in [3.05, 3.63) is 64.3 Å². The van der Waals surface area contributed by atoms with Gasteiger partial charge in [0, 0.05) is 48.2 Å². The summed E-state index contributed by atoms with van der Waals surface area (Å²) in [7, 11) is 0. The zero-order valence-corrected chi connectivity index (χ0v) is 17.8. The van der Waals surface area contributed by atoms with Gasteiger partial charge >= 0.3 is 0 Å². The van der Waals surface area contributed by atoms with Crippen LogP contribution in [-0.4, -0.2) is 59.9 Å². The van der Waals surface area contributed by atoms with Crippen molar-refractivity contribution >= 4 is 17.7 Å². The third-order valence-corrected chi connectivity index (χ3v) is 5.60. The molecule has 0 saturated carbocycles. The summed E-state index contributed by atoms with van der Waals surface area (Å²) in [5.41, 5.74) is -1.28. The van der Waals surface area contributed by atoms with Crippen LogP contribution in [0.5, 0.6) is 5.75 Å². The standard InChI is InChI=1S/C25H26FN3O5/c26-20-12-16(13-28-8-10-33-11-9-28)4-5-17(20)15-34-22-3-1-2-18-19(22)14-29(25(18)32)21-6-7-23(30)27-24(21)31/h1-5,12,21H,6-11,13-15H2,(H,27,30,31)/t21-/m1/s1/i1D,2D,3D,4D,5D,6D2,7D2,12D. The fraction of sp³-hybridized carbons (Fsp3) is 0.400. The lowest BCUT2D eigenvalue weighted by molar-refractivity contribution is -0.136. The second-order valence-corrected chi connectivity index (χ2v) is 7.80. The van der Waals surface area contributed by atoms with Crippen LogP contribution in [0.1, 0.15) is 53.5 Å². The van der Waals surface area contributed by atoms with Crippen molar-refractivity contribution < 1.29 is 42.0 Å². The molecule has 178 valence electrons. The smallest absolute Gasteiger partial charge is 0.255 e. The van der Waals surface area contributed by atoms with E-state index in [1.165, 1.54) is 0 Å². The normalized spacial score (nSPS) is 28.1. The fourth-order valence-electron chi connectivity index (χ4n) is 3.85. The van der Waals surface area contributed by atoms with Crippen LogP contribution in [0.2, 0.25) is 0 Å². The average Bonchev–Trinajstić information content (AvgIpc) is 3.30. The van der Waals surface area contributed by atoms with Crippen molar-refractivity contribution in [2.45, 2.75) is 38.5 Å². The first-order valence-electron chi connectivity index (χ1n) is 15.5. The monoisotopic (exact) mass is 477 g/mol. The summed E-state index contributed by atoms with van der Waals surface area (Å²) in [6, 6.07) is -6.03. The van der Waals surface area contributed by atoms with Crippen LogP contribution in [-0.2, 0) is 34.0 Å². The Hall–Kier alpha value is -3.30. The summed E-state index contributed by atoms with van der Waals surface area (Å²) < 4.78 is 109. The summed E-state index contributed by atoms with van der Waals surface area (Å²) in [4.78, 5) is 40.6. The number of carbonyl (C=O) groups excluding carboxylic acids is 3. The van der Waals surface area contributed by atoms with E-state index in [-0.39, 0.29) is 17.7 Å². The Morgan fingerprint density at radius 2 is 2.03 bits per heavy atom. The number of amides is 3. The highest BCUT2D eigenvalue weighted by Gasteiger charge is 2.40. The number of imide groups is 1. The van der Waals surface area contributed by atoms with Gasteiger partial charge in [0.1, 0.15) is 24.2 Å². The van der Waals surface area contributed by atoms with E-state index in [1.807, 2.05) is 4.90 Å². The van der Waals surface area contributed by atoms with Gasteiger partial charge in [-0.25, -0.2) is 4.39 Å². The second kappa shape index (κ2) is 9.52. The molecule has 0 spiro atoms. The maximum atomic E-state index is 15.4.